The van der Waals surface area contributed by atoms with Crippen LogP contribution in [0.15, 0.2) is 0 Å². The lowest BCUT2D eigenvalue weighted by Gasteiger charge is -2.45. The molecular formula is C13F26O. The summed E-state index contributed by atoms with van der Waals surface area (Å²) >= 11 is 0. The molecule has 1 heterocycles. The van der Waals surface area contributed by atoms with Crippen molar-refractivity contribution in [2.45, 2.75) is 77.4 Å². The van der Waals surface area contributed by atoms with Crippen molar-refractivity contribution in [3.63, 3.8) is 0 Å². The zero-order valence-corrected chi connectivity index (χ0v) is 16.7. The van der Waals surface area contributed by atoms with Crippen LogP contribution in [0.3, 0.4) is 0 Å². The summed E-state index contributed by atoms with van der Waals surface area (Å²) in [6, 6.07) is 0. The van der Waals surface area contributed by atoms with Gasteiger partial charge in [0.1, 0.15) is 0 Å². The van der Waals surface area contributed by atoms with E-state index in [1.54, 1.807) is 0 Å². The smallest absolute Gasteiger partial charge is 0.265 e. The molecule has 1 aliphatic heterocycles. The molecule has 1 aliphatic rings. The standard InChI is InChI=1S/C13F26O/c14-1(15,2(16,17)4(20,21)6(24,25)8(28,29)10(32,33)12(35,36)37)3(18,19)5(22,23)7(26,27)9(30,31)11(34)13(38,39)40-11. The zero-order chi connectivity index (χ0) is 33.2. The number of alkyl halides is 26. The zero-order valence-electron chi connectivity index (χ0n) is 16.7. The Bertz CT molecular complexity index is 985. The van der Waals surface area contributed by atoms with Crippen LogP contribution < -0.4 is 0 Å². The molecule has 27 heteroatoms. The summed E-state index contributed by atoms with van der Waals surface area (Å²) in [4.78, 5) is 0. The van der Waals surface area contributed by atoms with Crippen LogP contribution in [0.1, 0.15) is 0 Å². The predicted molar refractivity (Wildman–Crippen MR) is 65.4 cm³/mol. The van der Waals surface area contributed by atoms with Gasteiger partial charge >= 0.3 is 77.4 Å². The summed E-state index contributed by atoms with van der Waals surface area (Å²) in [7, 11) is 0. The SMILES string of the molecule is FC(F)(F)C(F)(F)C(F)(F)C(F)(F)C(F)(F)C(F)(F)C(F)(F)C(F)(F)C(F)(F)C(F)(F)C(F)(F)C1(F)OC1(F)F. The lowest BCUT2D eigenvalue weighted by Crippen LogP contribution is -2.78. The molecule has 0 spiro atoms. The van der Waals surface area contributed by atoms with Crippen LogP contribution >= 0.6 is 0 Å². The Balaban J connectivity index is 3.84. The maximum atomic E-state index is 13.5. The molecule has 40 heavy (non-hydrogen) atoms. The largest absolute Gasteiger partial charge is 0.460 e. The molecule has 0 aromatic heterocycles. The quantitative estimate of drug-likeness (QED) is 0.169. The van der Waals surface area contributed by atoms with Crippen LogP contribution in [0.25, 0.3) is 0 Å². The number of halogens is 26. The summed E-state index contributed by atoms with van der Waals surface area (Å²) < 4.78 is 341. The number of hydrogen-bond donors (Lipinski definition) is 0. The molecule has 1 saturated heterocycles. The molecule has 0 bridgehead atoms. The van der Waals surface area contributed by atoms with Crippen LogP contribution in [0.2, 0.25) is 0 Å². The summed E-state index contributed by atoms with van der Waals surface area (Å²) in [5, 5.41) is 0. The average molecular weight is 666 g/mol. The van der Waals surface area contributed by atoms with E-state index in [0.717, 1.165) is 0 Å². The number of rotatable bonds is 10. The molecule has 240 valence electrons. The summed E-state index contributed by atoms with van der Waals surface area (Å²) in [6.07, 6.45) is -14.6. The minimum atomic E-state index is -9.64. The molecule has 1 atom stereocenters. The first-order valence-corrected chi connectivity index (χ1v) is 8.32. The number of ether oxygens (including phenoxy) is 1. The molecule has 1 rings (SSSR count). The lowest BCUT2D eigenvalue weighted by atomic mass is 9.84. The van der Waals surface area contributed by atoms with Crippen LogP contribution in [-0.2, 0) is 4.74 Å². The average Bonchev–Trinajstić information content (AvgIpc) is 3.24. The van der Waals surface area contributed by atoms with Crippen molar-refractivity contribution in [3.8, 4) is 0 Å². The third kappa shape index (κ3) is 3.68. The van der Waals surface area contributed by atoms with E-state index in [0.29, 0.717) is 0 Å². The van der Waals surface area contributed by atoms with Crippen LogP contribution in [0.4, 0.5) is 114 Å². The van der Waals surface area contributed by atoms with E-state index in [9.17, 15) is 114 Å². The fourth-order valence-electron chi connectivity index (χ4n) is 2.36. The van der Waals surface area contributed by atoms with E-state index in [1.807, 2.05) is 4.74 Å². The summed E-state index contributed by atoms with van der Waals surface area (Å²) in [6.45, 7) is 0. The molecule has 1 fully saturated rings. The Labute approximate surface area is 198 Å². The first-order valence-electron chi connectivity index (χ1n) is 8.32. The van der Waals surface area contributed by atoms with E-state index in [2.05, 4.69) is 0 Å². The summed E-state index contributed by atoms with van der Waals surface area (Å²) in [5.74, 6) is -98.9. The highest BCUT2D eigenvalue weighted by Gasteiger charge is 3.02. The Kier molecular flexibility index (Phi) is 7.37. The Morgan fingerprint density at radius 2 is 0.475 bits per heavy atom. The molecule has 0 amide bonds. The Hall–Kier alpha value is -1.86. The molecule has 0 aromatic carbocycles. The highest BCUT2D eigenvalue weighted by Crippen LogP contribution is 2.70. The topological polar surface area (TPSA) is 12.5 Å². The van der Waals surface area contributed by atoms with Crippen molar-refractivity contribution in [2.24, 2.45) is 0 Å². The molecule has 1 unspecified atom stereocenters. The fourth-order valence-corrected chi connectivity index (χ4v) is 2.36. The fraction of sp³-hybridized carbons (Fsp3) is 1.00. The third-order valence-electron chi connectivity index (χ3n) is 4.91. The molecule has 0 saturated carbocycles. The highest BCUT2D eigenvalue weighted by molar-refractivity contribution is 5.21. The van der Waals surface area contributed by atoms with E-state index in [1.165, 1.54) is 0 Å². The van der Waals surface area contributed by atoms with Gasteiger partial charge in [-0.05, 0) is 0 Å². The Morgan fingerprint density at radius 1 is 0.300 bits per heavy atom. The predicted octanol–water partition coefficient (Wildman–Crippen LogP) is 8.19. The van der Waals surface area contributed by atoms with Gasteiger partial charge in [-0.3, -0.25) is 4.74 Å². The van der Waals surface area contributed by atoms with E-state index < -0.39 is 77.4 Å². The van der Waals surface area contributed by atoms with Crippen molar-refractivity contribution in [3.05, 3.63) is 0 Å². The van der Waals surface area contributed by atoms with Gasteiger partial charge in [-0.2, -0.15) is 114 Å². The van der Waals surface area contributed by atoms with Crippen molar-refractivity contribution in [1.82, 2.24) is 0 Å². The molecule has 1 nitrogen and oxygen atoms in total. The number of hydrogen-bond acceptors (Lipinski definition) is 1. The van der Waals surface area contributed by atoms with Crippen LogP contribution in [-0.4, -0.2) is 77.4 Å². The Morgan fingerprint density at radius 3 is 0.650 bits per heavy atom. The maximum Gasteiger partial charge on any atom is 0.460 e. The normalized spacial score (nSPS) is 22.9. The van der Waals surface area contributed by atoms with Gasteiger partial charge < -0.3 is 0 Å². The lowest BCUT2D eigenvalue weighted by molar-refractivity contribution is -0.480. The first-order chi connectivity index (χ1) is 16.7. The first kappa shape index (κ1) is 36.2. The van der Waals surface area contributed by atoms with Gasteiger partial charge in [0.15, 0.2) is 0 Å². The second kappa shape index (κ2) is 8.15. The maximum absolute atomic E-state index is 13.5. The second-order valence-electron chi connectivity index (χ2n) is 7.46. The van der Waals surface area contributed by atoms with E-state index >= 15 is 0 Å². The third-order valence-corrected chi connectivity index (χ3v) is 4.91. The van der Waals surface area contributed by atoms with Gasteiger partial charge in [-0.15, -0.1) is 0 Å². The highest BCUT2D eigenvalue weighted by atomic mass is 19.4. The van der Waals surface area contributed by atoms with Crippen LogP contribution in [0.5, 0.6) is 0 Å². The van der Waals surface area contributed by atoms with Crippen molar-refractivity contribution < 1.29 is 119 Å². The second-order valence-corrected chi connectivity index (χ2v) is 7.46. The molecule has 0 aliphatic carbocycles. The summed E-state index contributed by atoms with van der Waals surface area (Å²) in [5.41, 5.74) is 0. The minimum absolute atomic E-state index is 1.89. The van der Waals surface area contributed by atoms with Crippen molar-refractivity contribution >= 4 is 0 Å². The van der Waals surface area contributed by atoms with Gasteiger partial charge in [0, 0.05) is 0 Å². The van der Waals surface area contributed by atoms with Gasteiger partial charge in [0.25, 0.3) is 0 Å². The van der Waals surface area contributed by atoms with E-state index in [4.69, 9.17) is 0 Å². The molecular weight excluding hydrogens is 666 g/mol. The van der Waals surface area contributed by atoms with Crippen LogP contribution in [0, 0.1) is 0 Å². The van der Waals surface area contributed by atoms with Gasteiger partial charge in [-0.1, -0.05) is 0 Å². The van der Waals surface area contributed by atoms with E-state index in [-0.39, 0.29) is 0 Å². The molecule has 0 N–H and O–H groups in total. The van der Waals surface area contributed by atoms with Gasteiger partial charge in [0.05, 0.1) is 0 Å². The van der Waals surface area contributed by atoms with Crippen molar-refractivity contribution in [2.75, 3.05) is 0 Å². The van der Waals surface area contributed by atoms with Gasteiger partial charge in [-0.25, -0.2) is 0 Å². The number of epoxide rings is 1. The van der Waals surface area contributed by atoms with Gasteiger partial charge in [0.2, 0.25) is 0 Å². The monoisotopic (exact) mass is 666 g/mol. The molecule has 0 radical (unpaired) electrons. The molecule has 0 aromatic rings. The minimum Gasteiger partial charge on any atom is -0.265 e. The van der Waals surface area contributed by atoms with Crippen molar-refractivity contribution in [1.29, 1.82) is 0 Å².